The summed E-state index contributed by atoms with van der Waals surface area (Å²) in [5.41, 5.74) is 1.05. The van der Waals surface area contributed by atoms with Crippen LogP contribution in [-0.4, -0.2) is 28.8 Å². The Bertz CT molecular complexity index is 355. The summed E-state index contributed by atoms with van der Waals surface area (Å²) in [6.45, 7) is 3.66. The lowest BCUT2D eigenvalue weighted by Gasteiger charge is -2.26. The van der Waals surface area contributed by atoms with Crippen molar-refractivity contribution in [2.75, 3.05) is 18.0 Å². The van der Waals surface area contributed by atoms with Crippen molar-refractivity contribution in [2.45, 2.75) is 26.2 Å². The van der Waals surface area contributed by atoms with Crippen molar-refractivity contribution in [2.24, 2.45) is 0 Å². The minimum Gasteiger partial charge on any atom is -0.356 e. The number of hydrogen-bond acceptors (Lipinski definition) is 4. The maximum atomic E-state index is 11.1. The molecule has 0 atom stereocenters. The molecule has 0 bridgehead atoms. The molecule has 0 spiro atoms. The van der Waals surface area contributed by atoms with E-state index in [4.69, 9.17) is 0 Å². The predicted molar refractivity (Wildman–Crippen MR) is 57.9 cm³/mol. The quantitative estimate of drug-likeness (QED) is 0.728. The summed E-state index contributed by atoms with van der Waals surface area (Å²) in [5, 5.41) is 0. The molecule has 2 rings (SSSR count). The molecule has 0 aliphatic carbocycles. The van der Waals surface area contributed by atoms with Gasteiger partial charge in [-0.2, -0.15) is 0 Å². The molecule has 1 saturated heterocycles. The van der Waals surface area contributed by atoms with Crippen molar-refractivity contribution < 1.29 is 4.79 Å². The molecule has 0 saturated carbocycles. The van der Waals surface area contributed by atoms with Gasteiger partial charge in [-0.15, -0.1) is 0 Å². The average Bonchev–Trinajstić information content (AvgIpc) is 2.30. The number of anilines is 1. The van der Waals surface area contributed by atoms with Crippen LogP contribution in [0.2, 0.25) is 0 Å². The fraction of sp³-hybridized carbons (Fsp3) is 0.545. The third-order valence-electron chi connectivity index (χ3n) is 2.72. The largest absolute Gasteiger partial charge is 0.356 e. The minimum atomic E-state index is 0.357. The van der Waals surface area contributed by atoms with E-state index in [1.165, 1.54) is 0 Å². The van der Waals surface area contributed by atoms with E-state index < -0.39 is 0 Å². The lowest BCUT2D eigenvalue weighted by Crippen LogP contribution is -2.34. The SMILES string of the molecule is CCc1cc(N2CCC(=O)CC2)ncn1. The zero-order valence-corrected chi connectivity index (χ0v) is 8.94. The Hall–Kier alpha value is -1.45. The third kappa shape index (κ3) is 2.32. The number of aromatic nitrogens is 2. The third-order valence-corrected chi connectivity index (χ3v) is 2.72. The molecule has 80 valence electrons. The molecular formula is C11H15N3O. The lowest BCUT2D eigenvalue weighted by atomic mass is 10.1. The highest BCUT2D eigenvalue weighted by molar-refractivity contribution is 5.80. The number of nitrogens with zero attached hydrogens (tertiary/aromatic N) is 3. The number of hydrogen-bond donors (Lipinski definition) is 0. The normalized spacial score (nSPS) is 16.9. The van der Waals surface area contributed by atoms with Gasteiger partial charge in [0.2, 0.25) is 0 Å². The van der Waals surface area contributed by atoms with Crippen molar-refractivity contribution >= 4 is 11.6 Å². The smallest absolute Gasteiger partial charge is 0.136 e. The Labute approximate surface area is 89.3 Å². The molecule has 15 heavy (non-hydrogen) atoms. The summed E-state index contributed by atoms with van der Waals surface area (Å²) in [6, 6.07) is 2.01. The van der Waals surface area contributed by atoms with Crippen molar-refractivity contribution in [3.8, 4) is 0 Å². The van der Waals surface area contributed by atoms with Gasteiger partial charge in [0.15, 0.2) is 0 Å². The highest BCUT2D eigenvalue weighted by atomic mass is 16.1. The van der Waals surface area contributed by atoms with Gasteiger partial charge in [0.1, 0.15) is 17.9 Å². The van der Waals surface area contributed by atoms with Gasteiger partial charge in [0.25, 0.3) is 0 Å². The van der Waals surface area contributed by atoms with Crippen LogP contribution in [0, 0.1) is 0 Å². The van der Waals surface area contributed by atoms with E-state index in [1.807, 2.05) is 6.07 Å². The van der Waals surface area contributed by atoms with Crippen LogP contribution in [0.25, 0.3) is 0 Å². The van der Waals surface area contributed by atoms with Crippen LogP contribution in [0.1, 0.15) is 25.5 Å². The average molecular weight is 205 g/mol. The van der Waals surface area contributed by atoms with Crippen LogP contribution in [0.3, 0.4) is 0 Å². The number of carbonyl (C=O) groups is 1. The molecule has 2 heterocycles. The molecule has 4 nitrogen and oxygen atoms in total. The maximum Gasteiger partial charge on any atom is 0.136 e. The maximum absolute atomic E-state index is 11.1. The molecule has 1 fully saturated rings. The molecule has 1 aromatic heterocycles. The van der Waals surface area contributed by atoms with E-state index in [0.29, 0.717) is 18.6 Å². The molecule has 1 aliphatic heterocycles. The fourth-order valence-electron chi connectivity index (χ4n) is 1.74. The van der Waals surface area contributed by atoms with Gasteiger partial charge in [-0.1, -0.05) is 6.92 Å². The van der Waals surface area contributed by atoms with E-state index >= 15 is 0 Å². The van der Waals surface area contributed by atoms with Crippen molar-refractivity contribution in [1.29, 1.82) is 0 Å². The van der Waals surface area contributed by atoms with Crippen LogP contribution >= 0.6 is 0 Å². The molecule has 0 N–H and O–H groups in total. The second kappa shape index (κ2) is 4.38. The number of rotatable bonds is 2. The van der Waals surface area contributed by atoms with E-state index in [1.54, 1.807) is 6.33 Å². The second-order valence-electron chi connectivity index (χ2n) is 3.75. The summed E-state index contributed by atoms with van der Waals surface area (Å²) >= 11 is 0. The van der Waals surface area contributed by atoms with Crippen LogP contribution in [0.15, 0.2) is 12.4 Å². The van der Waals surface area contributed by atoms with Gasteiger partial charge in [0.05, 0.1) is 0 Å². The zero-order chi connectivity index (χ0) is 10.7. The summed E-state index contributed by atoms with van der Waals surface area (Å²) in [5.74, 6) is 1.31. The van der Waals surface area contributed by atoms with Gasteiger partial charge in [-0.05, 0) is 6.42 Å². The van der Waals surface area contributed by atoms with E-state index in [9.17, 15) is 4.79 Å². The first-order valence-electron chi connectivity index (χ1n) is 5.37. The van der Waals surface area contributed by atoms with E-state index in [-0.39, 0.29) is 0 Å². The number of Topliss-reactive ketones (excluding diaryl/α,β-unsaturated/α-hetero) is 1. The predicted octanol–water partition coefficient (Wildman–Crippen LogP) is 1.21. The molecule has 0 aromatic carbocycles. The van der Waals surface area contributed by atoms with Crippen molar-refractivity contribution in [3.05, 3.63) is 18.1 Å². The number of carbonyl (C=O) groups excluding carboxylic acids is 1. The lowest BCUT2D eigenvalue weighted by molar-refractivity contribution is -0.119. The van der Waals surface area contributed by atoms with Gasteiger partial charge >= 0.3 is 0 Å². The second-order valence-corrected chi connectivity index (χ2v) is 3.75. The number of piperidine rings is 1. The first-order valence-corrected chi connectivity index (χ1v) is 5.37. The molecule has 1 aliphatic rings. The highest BCUT2D eigenvalue weighted by Crippen LogP contribution is 2.15. The highest BCUT2D eigenvalue weighted by Gasteiger charge is 2.17. The monoisotopic (exact) mass is 205 g/mol. The zero-order valence-electron chi connectivity index (χ0n) is 8.94. The van der Waals surface area contributed by atoms with Crippen molar-refractivity contribution in [1.82, 2.24) is 9.97 Å². The Kier molecular flexibility index (Phi) is 2.94. The van der Waals surface area contributed by atoms with Crippen LogP contribution < -0.4 is 4.90 Å². The topological polar surface area (TPSA) is 46.1 Å². The Balaban J connectivity index is 2.11. The standard InChI is InChI=1S/C11H15N3O/c1-2-9-7-11(13-8-12-9)14-5-3-10(15)4-6-14/h7-8H,2-6H2,1H3. The molecule has 1 aromatic rings. The van der Waals surface area contributed by atoms with Crippen LogP contribution in [-0.2, 0) is 11.2 Å². The Morgan fingerprint density at radius 3 is 2.73 bits per heavy atom. The first kappa shape index (κ1) is 10.1. The molecule has 0 radical (unpaired) electrons. The van der Waals surface area contributed by atoms with Crippen LogP contribution in [0.4, 0.5) is 5.82 Å². The Morgan fingerprint density at radius 1 is 1.33 bits per heavy atom. The molecular weight excluding hydrogens is 190 g/mol. The summed E-state index contributed by atoms with van der Waals surface area (Å²) in [4.78, 5) is 21.7. The first-order chi connectivity index (χ1) is 7.29. The van der Waals surface area contributed by atoms with Crippen LogP contribution in [0.5, 0.6) is 0 Å². The summed E-state index contributed by atoms with van der Waals surface area (Å²) in [6.07, 6.45) is 3.81. The van der Waals surface area contributed by atoms with Gasteiger partial charge in [-0.3, -0.25) is 4.79 Å². The van der Waals surface area contributed by atoms with Gasteiger partial charge in [0, 0.05) is 37.7 Å². The van der Waals surface area contributed by atoms with Gasteiger partial charge in [-0.25, -0.2) is 9.97 Å². The number of ketones is 1. The molecule has 0 amide bonds. The summed E-state index contributed by atoms with van der Waals surface area (Å²) in [7, 11) is 0. The van der Waals surface area contributed by atoms with Crippen molar-refractivity contribution in [3.63, 3.8) is 0 Å². The van der Waals surface area contributed by atoms with E-state index in [0.717, 1.165) is 31.0 Å². The van der Waals surface area contributed by atoms with Gasteiger partial charge < -0.3 is 4.90 Å². The fourth-order valence-corrected chi connectivity index (χ4v) is 1.74. The molecule has 0 unspecified atom stereocenters. The number of aryl methyl sites for hydroxylation is 1. The Morgan fingerprint density at radius 2 is 2.07 bits per heavy atom. The summed E-state index contributed by atoms with van der Waals surface area (Å²) < 4.78 is 0. The van der Waals surface area contributed by atoms with E-state index in [2.05, 4.69) is 21.8 Å². The minimum absolute atomic E-state index is 0.357. The molecule has 4 heteroatoms.